The number of nitrogens with zero attached hydrogens (tertiary/aromatic N) is 1. The molecule has 0 aliphatic carbocycles. The molecule has 2 rings (SSSR count). The number of rotatable bonds is 3. The Hall–Kier alpha value is -1.26. The van der Waals surface area contributed by atoms with Crippen LogP contribution < -0.4 is 5.73 Å². The standard InChI is InChI=1S/C13H17ClN2O2/c14-12-6-2-1-4-10(12)8-16-7-3-5-11(9-16)18-13(15)17/h1-2,4,6,11H,3,5,7-9H2,(H2,15,17)/t11-/m1/s1. The predicted octanol–water partition coefficient (Wildman–Crippen LogP) is 2.40. The van der Waals surface area contributed by atoms with Crippen LogP contribution in [-0.2, 0) is 11.3 Å². The van der Waals surface area contributed by atoms with Gasteiger partial charge in [-0.1, -0.05) is 29.8 Å². The molecule has 0 spiro atoms. The summed E-state index contributed by atoms with van der Waals surface area (Å²) in [5.41, 5.74) is 6.14. The molecule has 0 aromatic heterocycles. The number of carbonyl (C=O) groups is 1. The number of ether oxygens (including phenoxy) is 1. The minimum Gasteiger partial charge on any atom is -0.445 e. The van der Waals surface area contributed by atoms with Crippen LogP contribution in [0.4, 0.5) is 4.79 Å². The summed E-state index contributed by atoms with van der Waals surface area (Å²) in [6, 6.07) is 7.79. The summed E-state index contributed by atoms with van der Waals surface area (Å²) in [5, 5.41) is 0.774. The highest BCUT2D eigenvalue weighted by Gasteiger charge is 2.22. The van der Waals surface area contributed by atoms with Crippen molar-refractivity contribution in [1.82, 2.24) is 4.90 Å². The smallest absolute Gasteiger partial charge is 0.404 e. The lowest BCUT2D eigenvalue weighted by Crippen LogP contribution is -2.40. The molecule has 5 heteroatoms. The van der Waals surface area contributed by atoms with E-state index in [9.17, 15) is 4.79 Å². The molecule has 1 aliphatic rings. The number of amides is 1. The molecule has 1 aromatic carbocycles. The molecule has 18 heavy (non-hydrogen) atoms. The third-order valence-corrected chi connectivity index (χ3v) is 3.47. The first-order chi connectivity index (χ1) is 8.65. The molecule has 1 aromatic rings. The van der Waals surface area contributed by atoms with Crippen LogP contribution in [0.2, 0.25) is 5.02 Å². The quantitative estimate of drug-likeness (QED) is 0.916. The van der Waals surface area contributed by atoms with Crippen molar-refractivity contribution in [2.24, 2.45) is 5.73 Å². The molecule has 0 unspecified atom stereocenters. The first-order valence-electron chi connectivity index (χ1n) is 6.07. The average molecular weight is 269 g/mol. The summed E-state index contributed by atoms with van der Waals surface area (Å²) in [6.07, 6.45) is 1.09. The second kappa shape index (κ2) is 6.07. The Bertz CT molecular complexity index is 425. The van der Waals surface area contributed by atoms with Gasteiger partial charge in [-0.25, -0.2) is 4.79 Å². The zero-order valence-electron chi connectivity index (χ0n) is 10.1. The summed E-state index contributed by atoms with van der Waals surface area (Å²) in [4.78, 5) is 13.0. The number of halogens is 1. The summed E-state index contributed by atoms with van der Waals surface area (Å²) in [7, 11) is 0. The molecule has 1 saturated heterocycles. The first kappa shape index (κ1) is 13.2. The van der Waals surface area contributed by atoms with Crippen molar-refractivity contribution < 1.29 is 9.53 Å². The summed E-state index contributed by atoms with van der Waals surface area (Å²) < 4.78 is 5.05. The van der Waals surface area contributed by atoms with E-state index in [2.05, 4.69) is 4.90 Å². The number of benzene rings is 1. The highest BCUT2D eigenvalue weighted by molar-refractivity contribution is 6.31. The van der Waals surface area contributed by atoms with Gasteiger partial charge in [0.2, 0.25) is 0 Å². The van der Waals surface area contributed by atoms with Gasteiger partial charge in [-0.2, -0.15) is 0 Å². The lowest BCUT2D eigenvalue weighted by Gasteiger charge is -2.32. The van der Waals surface area contributed by atoms with E-state index in [0.29, 0.717) is 6.54 Å². The van der Waals surface area contributed by atoms with E-state index in [0.717, 1.165) is 36.5 Å². The number of hydrogen-bond acceptors (Lipinski definition) is 3. The van der Waals surface area contributed by atoms with Crippen molar-refractivity contribution in [3.63, 3.8) is 0 Å². The van der Waals surface area contributed by atoms with Gasteiger partial charge in [-0.05, 0) is 31.0 Å². The topological polar surface area (TPSA) is 55.6 Å². The van der Waals surface area contributed by atoms with E-state index >= 15 is 0 Å². The molecule has 4 nitrogen and oxygen atoms in total. The number of primary amides is 1. The van der Waals surface area contributed by atoms with Crippen molar-refractivity contribution in [1.29, 1.82) is 0 Å². The van der Waals surface area contributed by atoms with E-state index in [1.54, 1.807) is 0 Å². The fourth-order valence-electron chi connectivity index (χ4n) is 2.28. The highest BCUT2D eigenvalue weighted by atomic mass is 35.5. The number of piperidine rings is 1. The van der Waals surface area contributed by atoms with Crippen molar-refractivity contribution >= 4 is 17.7 Å². The van der Waals surface area contributed by atoms with Crippen LogP contribution in [0.3, 0.4) is 0 Å². The van der Waals surface area contributed by atoms with E-state index in [-0.39, 0.29) is 6.10 Å². The SMILES string of the molecule is NC(=O)O[C@@H]1CCCN(Cc2ccccc2Cl)C1. The predicted molar refractivity (Wildman–Crippen MR) is 70.4 cm³/mol. The maximum absolute atomic E-state index is 10.7. The summed E-state index contributed by atoms with van der Waals surface area (Å²) in [5.74, 6) is 0. The first-order valence-corrected chi connectivity index (χ1v) is 6.45. The molecule has 1 atom stereocenters. The molecule has 0 saturated carbocycles. The number of likely N-dealkylation sites (tertiary alicyclic amines) is 1. The minimum atomic E-state index is -0.695. The lowest BCUT2D eigenvalue weighted by molar-refractivity contribution is 0.0447. The van der Waals surface area contributed by atoms with Gasteiger partial charge in [0.1, 0.15) is 6.10 Å². The molecular formula is C13H17ClN2O2. The molecule has 1 amide bonds. The van der Waals surface area contributed by atoms with E-state index < -0.39 is 6.09 Å². The minimum absolute atomic E-state index is 0.0984. The van der Waals surface area contributed by atoms with E-state index in [1.807, 2.05) is 24.3 Å². The molecule has 1 fully saturated rings. The van der Waals surface area contributed by atoms with Crippen molar-refractivity contribution in [3.8, 4) is 0 Å². The summed E-state index contributed by atoms with van der Waals surface area (Å²) in [6.45, 7) is 2.48. The monoisotopic (exact) mass is 268 g/mol. The zero-order valence-corrected chi connectivity index (χ0v) is 10.9. The maximum atomic E-state index is 10.7. The van der Waals surface area contributed by atoms with Gasteiger partial charge in [-0.3, -0.25) is 4.90 Å². The van der Waals surface area contributed by atoms with Crippen LogP contribution in [0, 0.1) is 0 Å². The number of nitrogens with two attached hydrogens (primary N) is 1. The second-order valence-corrected chi connectivity index (χ2v) is 4.93. The Balaban J connectivity index is 1.93. The zero-order chi connectivity index (χ0) is 13.0. The Morgan fingerprint density at radius 2 is 2.28 bits per heavy atom. The Labute approximate surface area is 112 Å². The third kappa shape index (κ3) is 3.62. The second-order valence-electron chi connectivity index (χ2n) is 4.53. The Morgan fingerprint density at radius 1 is 1.50 bits per heavy atom. The van der Waals surface area contributed by atoms with Crippen molar-refractivity contribution in [2.45, 2.75) is 25.5 Å². The highest BCUT2D eigenvalue weighted by Crippen LogP contribution is 2.20. The van der Waals surface area contributed by atoms with Crippen LogP contribution in [0.5, 0.6) is 0 Å². The number of carbonyl (C=O) groups excluding carboxylic acids is 1. The fourth-order valence-corrected chi connectivity index (χ4v) is 2.48. The lowest BCUT2D eigenvalue weighted by atomic mass is 10.1. The Morgan fingerprint density at radius 3 is 3.00 bits per heavy atom. The van der Waals surface area contributed by atoms with Gasteiger partial charge in [0.15, 0.2) is 0 Å². The maximum Gasteiger partial charge on any atom is 0.404 e. The third-order valence-electron chi connectivity index (χ3n) is 3.10. The molecule has 2 N–H and O–H groups in total. The Kier molecular flexibility index (Phi) is 4.44. The molecule has 98 valence electrons. The van der Waals surface area contributed by atoms with Gasteiger partial charge in [0, 0.05) is 18.1 Å². The van der Waals surface area contributed by atoms with E-state index in [4.69, 9.17) is 22.1 Å². The average Bonchev–Trinajstić information content (AvgIpc) is 2.32. The van der Waals surface area contributed by atoms with Crippen LogP contribution in [0.1, 0.15) is 18.4 Å². The normalized spacial score (nSPS) is 20.6. The van der Waals surface area contributed by atoms with Crippen LogP contribution in [0.15, 0.2) is 24.3 Å². The molecule has 0 bridgehead atoms. The van der Waals surface area contributed by atoms with Crippen LogP contribution >= 0.6 is 11.6 Å². The molecular weight excluding hydrogens is 252 g/mol. The van der Waals surface area contributed by atoms with Gasteiger partial charge in [0.05, 0.1) is 0 Å². The fraction of sp³-hybridized carbons (Fsp3) is 0.462. The van der Waals surface area contributed by atoms with Gasteiger partial charge < -0.3 is 10.5 Å². The molecule has 1 heterocycles. The van der Waals surface area contributed by atoms with Crippen LogP contribution in [-0.4, -0.2) is 30.2 Å². The van der Waals surface area contributed by atoms with Crippen LogP contribution in [0.25, 0.3) is 0 Å². The molecule has 0 radical (unpaired) electrons. The van der Waals surface area contributed by atoms with E-state index in [1.165, 1.54) is 0 Å². The van der Waals surface area contributed by atoms with Gasteiger partial charge in [-0.15, -0.1) is 0 Å². The number of hydrogen-bond donors (Lipinski definition) is 1. The largest absolute Gasteiger partial charge is 0.445 e. The van der Waals surface area contributed by atoms with Crippen molar-refractivity contribution in [3.05, 3.63) is 34.9 Å². The van der Waals surface area contributed by atoms with Crippen molar-refractivity contribution in [2.75, 3.05) is 13.1 Å². The van der Waals surface area contributed by atoms with Gasteiger partial charge in [0.25, 0.3) is 0 Å². The van der Waals surface area contributed by atoms with Gasteiger partial charge >= 0.3 is 6.09 Å². The molecule has 1 aliphatic heterocycles. The summed E-state index contributed by atoms with van der Waals surface area (Å²) >= 11 is 6.13.